The summed E-state index contributed by atoms with van der Waals surface area (Å²) in [4.78, 5) is 14.2. The number of hydrogen-bond donors (Lipinski definition) is 2. The fraction of sp³-hybridized carbons (Fsp3) is 0.500. The molecule has 0 radical (unpaired) electrons. The van der Waals surface area contributed by atoms with E-state index in [4.69, 9.17) is 0 Å². The predicted molar refractivity (Wildman–Crippen MR) is 68.2 cm³/mol. The van der Waals surface area contributed by atoms with Crippen LogP contribution in [0.15, 0.2) is 18.6 Å². The van der Waals surface area contributed by atoms with Crippen LogP contribution in [0.1, 0.15) is 13.3 Å². The van der Waals surface area contributed by atoms with Gasteiger partial charge in [-0.2, -0.15) is 0 Å². The molecule has 1 atom stereocenters. The van der Waals surface area contributed by atoms with Crippen molar-refractivity contribution in [3.63, 3.8) is 0 Å². The molecule has 0 aromatic carbocycles. The molecular formula is C12H17N5. The first-order chi connectivity index (χ1) is 8.40. The molecule has 0 aliphatic carbocycles. The third kappa shape index (κ3) is 1.76. The van der Waals surface area contributed by atoms with Gasteiger partial charge in [0.05, 0.1) is 5.39 Å². The Morgan fingerprint density at radius 1 is 1.47 bits per heavy atom. The van der Waals surface area contributed by atoms with Crippen molar-refractivity contribution in [2.24, 2.45) is 0 Å². The van der Waals surface area contributed by atoms with E-state index < -0.39 is 0 Å². The van der Waals surface area contributed by atoms with Crippen molar-refractivity contribution in [3.8, 4) is 0 Å². The third-order valence-corrected chi connectivity index (χ3v) is 3.42. The number of nitrogens with zero attached hydrogens (tertiary/aromatic N) is 3. The van der Waals surface area contributed by atoms with Crippen LogP contribution in [0.4, 0.5) is 5.82 Å². The smallest absolute Gasteiger partial charge is 0.142 e. The Morgan fingerprint density at radius 3 is 3.18 bits per heavy atom. The molecule has 5 heteroatoms. The van der Waals surface area contributed by atoms with Gasteiger partial charge < -0.3 is 15.2 Å². The monoisotopic (exact) mass is 231 g/mol. The van der Waals surface area contributed by atoms with Crippen LogP contribution in [0.25, 0.3) is 11.0 Å². The van der Waals surface area contributed by atoms with Crippen LogP contribution in [0.5, 0.6) is 0 Å². The molecule has 0 saturated carbocycles. The van der Waals surface area contributed by atoms with Gasteiger partial charge in [-0.1, -0.05) is 0 Å². The van der Waals surface area contributed by atoms with Gasteiger partial charge in [0, 0.05) is 25.3 Å². The summed E-state index contributed by atoms with van der Waals surface area (Å²) in [7, 11) is 0. The SMILES string of the molecule is CCN(c1ncnc2[nH]ccc12)[C@@H]1CCNC1. The zero-order valence-corrected chi connectivity index (χ0v) is 9.98. The number of hydrogen-bond acceptors (Lipinski definition) is 4. The summed E-state index contributed by atoms with van der Waals surface area (Å²) in [5.74, 6) is 1.05. The van der Waals surface area contributed by atoms with E-state index in [1.165, 1.54) is 6.42 Å². The van der Waals surface area contributed by atoms with E-state index in [-0.39, 0.29) is 0 Å². The van der Waals surface area contributed by atoms with Gasteiger partial charge in [0.15, 0.2) is 0 Å². The maximum atomic E-state index is 4.46. The standard InChI is InChI=1S/C12H17N5/c1-2-17(9-3-5-13-7-9)12-10-4-6-14-11(10)15-8-16-12/h4,6,8-9,13H,2-3,5,7H2,1H3,(H,14,15,16)/t9-/m1/s1. The highest BCUT2D eigenvalue weighted by Gasteiger charge is 2.23. The average molecular weight is 231 g/mol. The number of fused-ring (bicyclic) bond motifs is 1. The molecule has 1 aliphatic heterocycles. The van der Waals surface area contributed by atoms with Crippen LogP contribution in [0.3, 0.4) is 0 Å². The first-order valence-corrected chi connectivity index (χ1v) is 6.15. The van der Waals surface area contributed by atoms with Crippen molar-refractivity contribution < 1.29 is 0 Å². The molecule has 1 saturated heterocycles. The van der Waals surface area contributed by atoms with Gasteiger partial charge in [-0.25, -0.2) is 9.97 Å². The number of H-pyrrole nitrogens is 1. The number of anilines is 1. The molecule has 17 heavy (non-hydrogen) atoms. The average Bonchev–Trinajstić information content (AvgIpc) is 3.00. The van der Waals surface area contributed by atoms with E-state index in [0.717, 1.165) is 36.5 Å². The molecular weight excluding hydrogens is 214 g/mol. The fourth-order valence-corrected chi connectivity index (χ4v) is 2.57. The lowest BCUT2D eigenvalue weighted by Crippen LogP contribution is -2.37. The van der Waals surface area contributed by atoms with Crippen LogP contribution in [-0.2, 0) is 0 Å². The van der Waals surface area contributed by atoms with Gasteiger partial charge >= 0.3 is 0 Å². The fourth-order valence-electron chi connectivity index (χ4n) is 2.57. The van der Waals surface area contributed by atoms with Crippen molar-refractivity contribution in [2.75, 3.05) is 24.5 Å². The summed E-state index contributed by atoms with van der Waals surface area (Å²) in [6, 6.07) is 2.60. The van der Waals surface area contributed by atoms with Crippen molar-refractivity contribution in [3.05, 3.63) is 18.6 Å². The minimum Gasteiger partial charge on any atom is -0.352 e. The quantitative estimate of drug-likeness (QED) is 0.832. The Balaban J connectivity index is 2.02. The Hall–Kier alpha value is -1.62. The number of rotatable bonds is 3. The molecule has 2 aromatic rings. The maximum absolute atomic E-state index is 4.46. The van der Waals surface area contributed by atoms with E-state index in [0.29, 0.717) is 6.04 Å². The summed E-state index contributed by atoms with van der Waals surface area (Å²) < 4.78 is 0. The third-order valence-electron chi connectivity index (χ3n) is 3.42. The molecule has 2 N–H and O–H groups in total. The molecule has 5 nitrogen and oxygen atoms in total. The van der Waals surface area contributed by atoms with Gasteiger partial charge in [0.2, 0.25) is 0 Å². The first-order valence-electron chi connectivity index (χ1n) is 6.15. The topological polar surface area (TPSA) is 56.8 Å². The van der Waals surface area contributed by atoms with Crippen molar-refractivity contribution in [1.29, 1.82) is 0 Å². The van der Waals surface area contributed by atoms with Gasteiger partial charge in [-0.05, 0) is 26.0 Å². The summed E-state index contributed by atoms with van der Waals surface area (Å²) in [5, 5.41) is 4.52. The highest BCUT2D eigenvalue weighted by atomic mass is 15.2. The molecule has 1 fully saturated rings. The normalized spacial score (nSPS) is 19.9. The maximum Gasteiger partial charge on any atom is 0.142 e. The van der Waals surface area contributed by atoms with Crippen LogP contribution in [-0.4, -0.2) is 40.6 Å². The largest absolute Gasteiger partial charge is 0.352 e. The summed E-state index contributed by atoms with van der Waals surface area (Å²) in [6.45, 7) is 5.30. The second kappa shape index (κ2) is 4.33. The van der Waals surface area contributed by atoms with Crippen molar-refractivity contribution in [1.82, 2.24) is 20.3 Å². The number of aromatic amines is 1. The van der Waals surface area contributed by atoms with Crippen molar-refractivity contribution >= 4 is 16.9 Å². The van der Waals surface area contributed by atoms with Gasteiger partial charge in [-0.15, -0.1) is 0 Å². The predicted octanol–water partition coefficient (Wildman–Crippen LogP) is 1.15. The number of aromatic nitrogens is 3. The van der Waals surface area contributed by atoms with E-state index in [1.54, 1.807) is 6.33 Å². The number of likely N-dealkylation sites (N-methyl/N-ethyl adjacent to an activating group) is 1. The molecule has 1 aliphatic rings. The lowest BCUT2D eigenvalue weighted by molar-refractivity contribution is 0.642. The zero-order valence-electron chi connectivity index (χ0n) is 9.98. The first kappa shape index (κ1) is 10.5. The lowest BCUT2D eigenvalue weighted by atomic mass is 10.2. The Labute approximate surface area is 100 Å². The van der Waals surface area contributed by atoms with Crippen LogP contribution in [0, 0.1) is 0 Å². The molecule has 0 amide bonds. The van der Waals surface area contributed by atoms with Crippen LogP contribution in [0.2, 0.25) is 0 Å². The molecule has 0 bridgehead atoms. The van der Waals surface area contributed by atoms with Crippen LogP contribution < -0.4 is 10.2 Å². The Morgan fingerprint density at radius 2 is 2.41 bits per heavy atom. The molecule has 0 spiro atoms. The van der Waals surface area contributed by atoms with Crippen LogP contribution >= 0.6 is 0 Å². The van der Waals surface area contributed by atoms with E-state index in [1.807, 2.05) is 6.20 Å². The van der Waals surface area contributed by atoms with Gasteiger partial charge in [0.1, 0.15) is 17.8 Å². The summed E-state index contributed by atoms with van der Waals surface area (Å²) in [6.07, 6.45) is 4.74. The highest BCUT2D eigenvalue weighted by molar-refractivity contribution is 5.87. The van der Waals surface area contributed by atoms with Gasteiger partial charge in [-0.3, -0.25) is 0 Å². The van der Waals surface area contributed by atoms with Gasteiger partial charge in [0.25, 0.3) is 0 Å². The molecule has 2 aromatic heterocycles. The number of nitrogens with one attached hydrogen (secondary N) is 2. The minimum atomic E-state index is 0.549. The lowest BCUT2D eigenvalue weighted by Gasteiger charge is -2.28. The second-order valence-electron chi connectivity index (χ2n) is 4.37. The van der Waals surface area contributed by atoms with Crippen molar-refractivity contribution in [2.45, 2.75) is 19.4 Å². The molecule has 90 valence electrons. The molecule has 0 unspecified atom stereocenters. The Bertz CT molecular complexity index is 500. The van der Waals surface area contributed by atoms with E-state index >= 15 is 0 Å². The zero-order chi connectivity index (χ0) is 11.7. The summed E-state index contributed by atoms with van der Waals surface area (Å²) >= 11 is 0. The van der Waals surface area contributed by atoms with E-state index in [9.17, 15) is 0 Å². The van der Waals surface area contributed by atoms with E-state index in [2.05, 4.69) is 38.2 Å². The Kier molecular flexibility index (Phi) is 2.68. The second-order valence-corrected chi connectivity index (χ2v) is 4.37. The summed E-state index contributed by atoms with van der Waals surface area (Å²) in [5.41, 5.74) is 0.916. The molecule has 3 heterocycles. The minimum absolute atomic E-state index is 0.549. The molecule has 3 rings (SSSR count). The highest BCUT2D eigenvalue weighted by Crippen LogP contribution is 2.25.